The van der Waals surface area contributed by atoms with Gasteiger partial charge >= 0.3 is 0 Å². The molecular weight excluding hydrogens is 110 g/mol. The van der Waals surface area contributed by atoms with E-state index in [-0.39, 0.29) is 5.44 Å². The van der Waals surface area contributed by atoms with Crippen LogP contribution in [-0.4, -0.2) is 12.5 Å². The van der Waals surface area contributed by atoms with Crippen LogP contribution in [-0.2, 0) is 4.74 Å². The predicted octanol–water partition coefficient (Wildman–Crippen LogP) is 0.724. The zero-order chi connectivity index (χ0) is 5.11. The van der Waals surface area contributed by atoms with E-state index in [0.29, 0.717) is 0 Å². The monoisotopic (exact) mass is 117 g/mol. The maximum absolute atomic E-state index is 4.92. The molecule has 0 bridgehead atoms. The van der Waals surface area contributed by atoms with E-state index in [0.717, 1.165) is 0 Å². The van der Waals surface area contributed by atoms with Gasteiger partial charge in [0.05, 0.1) is 0 Å². The molecule has 40 valence electrons. The predicted molar refractivity (Wildman–Crippen MR) is 30.7 cm³/mol. The van der Waals surface area contributed by atoms with E-state index in [1.54, 1.807) is 19.1 Å². The van der Waals surface area contributed by atoms with Crippen molar-refractivity contribution in [1.82, 2.24) is 4.72 Å². The van der Waals surface area contributed by atoms with Crippen molar-refractivity contribution < 1.29 is 4.74 Å². The molecule has 7 heavy (non-hydrogen) atoms. The molecule has 1 aliphatic heterocycles. The van der Waals surface area contributed by atoms with Crippen LogP contribution in [0.25, 0.3) is 0 Å². The van der Waals surface area contributed by atoms with Crippen LogP contribution < -0.4 is 4.72 Å². The molecule has 0 saturated carbocycles. The molecule has 3 heteroatoms. The van der Waals surface area contributed by atoms with Crippen LogP contribution in [0, 0.1) is 0 Å². The summed E-state index contributed by atoms with van der Waals surface area (Å²) < 4.78 is 7.86. The number of rotatable bonds is 1. The van der Waals surface area contributed by atoms with Gasteiger partial charge in [0.1, 0.15) is 5.44 Å². The van der Waals surface area contributed by atoms with Crippen molar-refractivity contribution in [2.45, 2.75) is 5.44 Å². The van der Waals surface area contributed by atoms with Crippen LogP contribution in [0.15, 0.2) is 12.3 Å². The Morgan fingerprint density at radius 1 is 1.86 bits per heavy atom. The van der Waals surface area contributed by atoms with Crippen LogP contribution in [0.2, 0.25) is 0 Å². The van der Waals surface area contributed by atoms with Gasteiger partial charge in [-0.3, -0.25) is 0 Å². The molecule has 0 aliphatic carbocycles. The van der Waals surface area contributed by atoms with Gasteiger partial charge in [-0.2, -0.15) is 0 Å². The van der Waals surface area contributed by atoms with Gasteiger partial charge in [0.2, 0.25) is 0 Å². The third kappa shape index (κ3) is 1.11. The number of ether oxygens (including phenoxy) is 1. The number of nitrogens with one attached hydrogen (secondary N) is 1. The van der Waals surface area contributed by atoms with E-state index in [1.807, 2.05) is 12.3 Å². The van der Waals surface area contributed by atoms with Gasteiger partial charge in [-0.15, -0.1) is 0 Å². The molecule has 1 aliphatic rings. The lowest BCUT2D eigenvalue weighted by atomic mass is 10.6. The Morgan fingerprint density at radius 2 is 2.71 bits per heavy atom. The summed E-state index contributed by atoms with van der Waals surface area (Å²) in [5.41, 5.74) is 0.222. The van der Waals surface area contributed by atoms with Crippen LogP contribution in [0.3, 0.4) is 0 Å². The van der Waals surface area contributed by atoms with Gasteiger partial charge in [-0.05, 0) is 18.0 Å². The van der Waals surface area contributed by atoms with Gasteiger partial charge in [-0.1, -0.05) is 0 Å². The molecule has 1 unspecified atom stereocenters. The van der Waals surface area contributed by atoms with Crippen molar-refractivity contribution in [3.05, 3.63) is 12.3 Å². The molecule has 1 heterocycles. The van der Waals surface area contributed by atoms with Gasteiger partial charge in [0, 0.05) is 13.3 Å². The molecule has 0 saturated heterocycles. The summed E-state index contributed by atoms with van der Waals surface area (Å²) >= 11 is 1.56. The third-order valence-corrected chi connectivity index (χ3v) is 1.59. The van der Waals surface area contributed by atoms with Crippen molar-refractivity contribution in [1.29, 1.82) is 0 Å². The molecule has 1 N–H and O–H groups in total. The first-order chi connectivity index (χ1) is 3.43. The molecule has 1 atom stereocenters. The lowest BCUT2D eigenvalue weighted by Gasteiger charge is -1.99. The number of hydrogen-bond acceptors (Lipinski definition) is 3. The average molecular weight is 117 g/mol. The number of methoxy groups -OCH3 is 1. The highest BCUT2D eigenvalue weighted by Gasteiger charge is 2.05. The Labute approximate surface area is 47.1 Å². The maximum Gasteiger partial charge on any atom is 0.141 e. The Hall–Kier alpha value is -0.150. The summed E-state index contributed by atoms with van der Waals surface area (Å²) in [6, 6.07) is 0. The fourth-order valence-electron chi connectivity index (χ4n) is 0.390. The van der Waals surface area contributed by atoms with Crippen LogP contribution >= 0.6 is 11.9 Å². The Kier molecular flexibility index (Phi) is 1.59. The first kappa shape index (κ1) is 5.00. The summed E-state index contributed by atoms with van der Waals surface area (Å²) in [4.78, 5) is 0. The van der Waals surface area contributed by atoms with Crippen molar-refractivity contribution in [2.24, 2.45) is 0 Å². The van der Waals surface area contributed by atoms with Gasteiger partial charge < -0.3 is 9.46 Å². The lowest BCUT2D eigenvalue weighted by Crippen LogP contribution is -1.98. The molecule has 0 aromatic heterocycles. The first-order valence-corrected chi connectivity index (χ1v) is 2.92. The van der Waals surface area contributed by atoms with Crippen molar-refractivity contribution in [3.8, 4) is 0 Å². The normalized spacial score (nSPS) is 27.9. The quantitative estimate of drug-likeness (QED) is 0.511. The van der Waals surface area contributed by atoms with Gasteiger partial charge in [0.15, 0.2) is 0 Å². The maximum atomic E-state index is 4.92. The summed E-state index contributed by atoms with van der Waals surface area (Å²) in [6.45, 7) is 0. The second kappa shape index (κ2) is 2.23. The molecule has 0 amide bonds. The third-order valence-electron chi connectivity index (χ3n) is 0.738. The summed E-state index contributed by atoms with van der Waals surface area (Å²) in [5.74, 6) is 0. The molecule has 0 aromatic rings. The summed E-state index contributed by atoms with van der Waals surface area (Å²) in [7, 11) is 1.69. The van der Waals surface area contributed by atoms with E-state index in [9.17, 15) is 0 Å². The van der Waals surface area contributed by atoms with E-state index in [4.69, 9.17) is 4.74 Å². The largest absolute Gasteiger partial charge is 0.365 e. The van der Waals surface area contributed by atoms with E-state index >= 15 is 0 Å². The van der Waals surface area contributed by atoms with Gasteiger partial charge in [-0.25, -0.2) is 0 Å². The summed E-state index contributed by atoms with van der Waals surface area (Å²) in [5, 5.41) is 0. The number of hydrogen-bond donors (Lipinski definition) is 1. The molecule has 0 aromatic carbocycles. The lowest BCUT2D eigenvalue weighted by molar-refractivity contribution is 0.209. The van der Waals surface area contributed by atoms with E-state index < -0.39 is 0 Å². The zero-order valence-corrected chi connectivity index (χ0v) is 4.87. The second-order valence-electron chi connectivity index (χ2n) is 1.20. The standard InChI is InChI=1S/C4H7NOS/c1-6-4-2-3-5-7-4/h2-5H,1H3. The molecule has 0 fully saturated rings. The molecular formula is C4H7NOS. The summed E-state index contributed by atoms with van der Waals surface area (Å²) in [6.07, 6.45) is 3.84. The fraction of sp³-hybridized carbons (Fsp3) is 0.500. The first-order valence-electron chi connectivity index (χ1n) is 2.04. The second-order valence-corrected chi connectivity index (χ2v) is 2.13. The average Bonchev–Trinajstić information content (AvgIpc) is 2.14. The molecule has 0 spiro atoms. The molecule has 0 radical (unpaired) electrons. The van der Waals surface area contributed by atoms with Crippen molar-refractivity contribution in [2.75, 3.05) is 7.11 Å². The minimum atomic E-state index is 0.222. The van der Waals surface area contributed by atoms with Crippen LogP contribution in [0.1, 0.15) is 0 Å². The minimum absolute atomic E-state index is 0.222. The van der Waals surface area contributed by atoms with Crippen LogP contribution in [0.5, 0.6) is 0 Å². The SMILES string of the molecule is COC1C=CNS1. The highest BCUT2D eigenvalue weighted by molar-refractivity contribution is 7.98. The topological polar surface area (TPSA) is 21.3 Å². The van der Waals surface area contributed by atoms with E-state index in [2.05, 4.69) is 4.72 Å². The van der Waals surface area contributed by atoms with Gasteiger partial charge in [0.25, 0.3) is 0 Å². The van der Waals surface area contributed by atoms with E-state index in [1.165, 1.54) is 0 Å². The zero-order valence-electron chi connectivity index (χ0n) is 4.05. The Bertz CT molecular complexity index is 83.8. The fourth-order valence-corrected chi connectivity index (χ4v) is 0.935. The van der Waals surface area contributed by atoms with Crippen LogP contribution in [0.4, 0.5) is 0 Å². The smallest absolute Gasteiger partial charge is 0.141 e. The van der Waals surface area contributed by atoms with Crippen molar-refractivity contribution >= 4 is 11.9 Å². The minimum Gasteiger partial charge on any atom is -0.365 e. The van der Waals surface area contributed by atoms with Crippen molar-refractivity contribution in [3.63, 3.8) is 0 Å². The Morgan fingerprint density at radius 3 is 3.00 bits per heavy atom. The Balaban J connectivity index is 2.28. The molecule has 2 nitrogen and oxygen atoms in total. The highest BCUT2D eigenvalue weighted by Crippen LogP contribution is 2.13. The highest BCUT2D eigenvalue weighted by atomic mass is 32.2. The molecule has 1 rings (SSSR count).